The third-order valence-corrected chi connectivity index (χ3v) is 4.56. The van der Waals surface area contributed by atoms with Gasteiger partial charge in [-0.05, 0) is 36.9 Å². The van der Waals surface area contributed by atoms with E-state index < -0.39 is 0 Å². The van der Waals surface area contributed by atoms with Crippen LogP contribution in [0.1, 0.15) is 43.8 Å². The summed E-state index contributed by atoms with van der Waals surface area (Å²) in [4.78, 5) is 10.5. The summed E-state index contributed by atoms with van der Waals surface area (Å²) in [5.74, 6) is 0.628. The van der Waals surface area contributed by atoms with E-state index in [0.717, 1.165) is 30.9 Å². The first kappa shape index (κ1) is 16.1. The maximum atomic E-state index is 4.93. The van der Waals surface area contributed by atoms with E-state index in [4.69, 9.17) is 4.98 Å². The van der Waals surface area contributed by atoms with Crippen molar-refractivity contribution in [2.24, 2.45) is 5.92 Å². The Morgan fingerprint density at radius 1 is 1.29 bits per heavy atom. The van der Waals surface area contributed by atoms with Gasteiger partial charge < -0.3 is 5.32 Å². The van der Waals surface area contributed by atoms with Gasteiger partial charge in [-0.3, -0.25) is 4.98 Å². The van der Waals surface area contributed by atoms with Crippen molar-refractivity contribution in [3.05, 3.63) is 34.6 Å². The molecule has 2 heterocycles. The Morgan fingerprint density at radius 3 is 2.76 bits per heavy atom. The molecule has 0 radical (unpaired) electrons. The van der Waals surface area contributed by atoms with Crippen molar-refractivity contribution in [1.82, 2.24) is 15.3 Å². The minimum absolute atomic E-state index is 0.628. The fraction of sp³-hybridized carbons (Fsp3) is 0.529. The Kier molecular flexibility index (Phi) is 5.88. The van der Waals surface area contributed by atoms with Crippen LogP contribution in [0.25, 0.3) is 10.6 Å². The van der Waals surface area contributed by atoms with E-state index in [-0.39, 0.29) is 0 Å². The lowest BCUT2D eigenvalue weighted by Crippen LogP contribution is -2.12. The second-order valence-electron chi connectivity index (χ2n) is 5.65. The van der Waals surface area contributed by atoms with Crippen LogP contribution in [0.5, 0.6) is 0 Å². The van der Waals surface area contributed by atoms with Crippen LogP contribution in [0, 0.1) is 5.92 Å². The van der Waals surface area contributed by atoms with Crippen molar-refractivity contribution >= 4 is 11.3 Å². The summed E-state index contributed by atoms with van der Waals surface area (Å²) in [5, 5.41) is 4.57. The summed E-state index contributed by atoms with van der Waals surface area (Å²) in [6, 6.07) is 2.09. The van der Waals surface area contributed by atoms with E-state index in [9.17, 15) is 0 Å². The van der Waals surface area contributed by atoms with Crippen molar-refractivity contribution < 1.29 is 0 Å². The van der Waals surface area contributed by atoms with Crippen molar-refractivity contribution in [3.8, 4) is 10.6 Å². The Morgan fingerprint density at radius 2 is 2.10 bits per heavy atom. The molecule has 114 valence electrons. The molecule has 2 rings (SSSR count). The topological polar surface area (TPSA) is 37.8 Å². The van der Waals surface area contributed by atoms with Gasteiger partial charge in [0.2, 0.25) is 0 Å². The van der Waals surface area contributed by atoms with Gasteiger partial charge >= 0.3 is 0 Å². The fourth-order valence-corrected chi connectivity index (χ4v) is 3.46. The Labute approximate surface area is 131 Å². The summed E-state index contributed by atoms with van der Waals surface area (Å²) in [7, 11) is 0. The van der Waals surface area contributed by atoms with Gasteiger partial charge in [0.05, 0.1) is 5.69 Å². The first-order chi connectivity index (χ1) is 10.2. The van der Waals surface area contributed by atoms with Crippen molar-refractivity contribution in [3.63, 3.8) is 0 Å². The molecule has 0 aromatic carbocycles. The van der Waals surface area contributed by atoms with Crippen LogP contribution in [0.3, 0.4) is 0 Å². The molecule has 0 amide bonds. The molecule has 0 aliphatic heterocycles. The SMILES string of the molecule is CCNCc1sc(-c2ccncc2CC)nc1CC(C)C. The zero-order chi connectivity index (χ0) is 15.2. The maximum Gasteiger partial charge on any atom is 0.124 e. The van der Waals surface area contributed by atoms with Crippen LogP contribution in [0.4, 0.5) is 0 Å². The number of thiazole rings is 1. The standard InChI is InChI=1S/C17H25N3S/c1-5-13-10-19-8-7-14(13)17-20-15(9-12(3)4)16(21-17)11-18-6-2/h7-8,10,12,18H,5-6,9,11H2,1-4H3. The third kappa shape index (κ3) is 4.11. The second kappa shape index (κ2) is 7.66. The van der Waals surface area contributed by atoms with E-state index in [1.165, 1.54) is 21.7 Å². The van der Waals surface area contributed by atoms with Crippen molar-refractivity contribution in [2.75, 3.05) is 6.54 Å². The van der Waals surface area contributed by atoms with Crippen LogP contribution >= 0.6 is 11.3 Å². The average molecular weight is 303 g/mol. The minimum Gasteiger partial charge on any atom is -0.312 e. The zero-order valence-electron chi connectivity index (χ0n) is 13.4. The molecule has 4 heteroatoms. The van der Waals surface area contributed by atoms with Crippen LogP contribution in [0.2, 0.25) is 0 Å². The highest BCUT2D eigenvalue weighted by molar-refractivity contribution is 7.15. The lowest BCUT2D eigenvalue weighted by molar-refractivity contribution is 0.628. The largest absolute Gasteiger partial charge is 0.312 e. The molecule has 0 saturated heterocycles. The Hall–Kier alpha value is -1.26. The predicted molar refractivity (Wildman–Crippen MR) is 90.6 cm³/mol. The van der Waals surface area contributed by atoms with E-state index >= 15 is 0 Å². The van der Waals surface area contributed by atoms with Crippen LogP contribution in [-0.2, 0) is 19.4 Å². The molecular formula is C17H25N3S. The summed E-state index contributed by atoms with van der Waals surface area (Å²) in [6.45, 7) is 10.7. The van der Waals surface area contributed by atoms with E-state index in [0.29, 0.717) is 5.92 Å². The molecule has 0 spiro atoms. The molecule has 0 bridgehead atoms. The number of nitrogens with one attached hydrogen (secondary N) is 1. The highest BCUT2D eigenvalue weighted by atomic mass is 32.1. The lowest BCUT2D eigenvalue weighted by Gasteiger charge is -2.05. The molecule has 0 unspecified atom stereocenters. The summed E-state index contributed by atoms with van der Waals surface area (Å²) in [5.41, 5.74) is 3.77. The van der Waals surface area contributed by atoms with Crippen molar-refractivity contribution in [1.29, 1.82) is 0 Å². The molecular weight excluding hydrogens is 278 g/mol. The maximum absolute atomic E-state index is 4.93. The molecule has 1 N–H and O–H groups in total. The molecule has 0 saturated carbocycles. The fourth-order valence-electron chi connectivity index (χ4n) is 2.34. The van der Waals surface area contributed by atoms with Crippen LogP contribution < -0.4 is 5.32 Å². The van der Waals surface area contributed by atoms with Gasteiger partial charge in [-0.2, -0.15) is 0 Å². The van der Waals surface area contributed by atoms with Crippen molar-refractivity contribution in [2.45, 2.75) is 47.1 Å². The summed E-state index contributed by atoms with van der Waals surface area (Å²) < 4.78 is 0. The van der Waals surface area contributed by atoms with Gasteiger partial charge in [0, 0.05) is 29.4 Å². The number of nitrogens with zero attached hydrogens (tertiary/aromatic N) is 2. The quantitative estimate of drug-likeness (QED) is 0.837. The summed E-state index contributed by atoms with van der Waals surface area (Å²) in [6.07, 6.45) is 5.86. The molecule has 2 aromatic rings. The van der Waals surface area contributed by atoms with Gasteiger partial charge in [0.15, 0.2) is 0 Å². The lowest BCUT2D eigenvalue weighted by atomic mass is 10.1. The molecule has 2 aromatic heterocycles. The molecule has 0 aliphatic carbocycles. The third-order valence-electron chi connectivity index (χ3n) is 3.43. The molecule has 0 fully saturated rings. The van der Waals surface area contributed by atoms with Crippen LogP contribution in [0.15, 0.2) is 18.5 Å². The molecule has 0 atom stereocenters. The first-order valence-electron chi connectivity index (χ1n) is 7.78. The molecule has 0 aliphatic rings. The Bertz CT molecular complexity index is 575. The number of aryl methyl sites for hydroxylation is 1. The highest BCUT2D eigenvalue weighted by Gasteiger charge is 2.15. The number of hydrogen-bond donors (Lipinski definition) is 1. The normalized spacial score (nSPS) is 11.3. The number of rotatable bonds is 7. The number of pyridine rings is 1. The molecule has 21 heavy (non-hydrogen) atoms. The zero-order valence-corrected chi connectivity index (χ0v) is 14.3. The smallest absolute Gasteiger partial charge is 0.124 e. The van der Waals surface area contributed by atoms with E-state index in [1.807, 2.05) is 23.7 Å². The van der Waals surface area contributed by atoms with Crippen LogP contribution in [-0.4, -0.2) is 16.5 Å². The molecule has 3 nitrogen and oxygen atoms in total. The second-order valence-corrected chi connectivity index (χ2v) is 6.74. The van der Waals surface area contributed by atoms with Gasteiger partial charge in [0.1, 0.15) is 5.01 Å². The van der Waals surface area contributed by atoms with Gasteiger partial charge in [0.25, 0.3) is 0 Å². The summed E-state index contributed by atoms with van der Waals surface area (Å²) >= 11 is 1.82. The number of aromatic nitrogens is 2. The predicted octanol–water partition coefficient (Wildman–Crippen LogP) is 4.08. The minimum atomic E-state index is 0.628. The first-order valence-corrected chi connectivity index (χ1v) is 8.59. The van der Waals surface area contributed by atoms with E-state index in [1.54, 1.807) is 0 Å². The Balaban J connectivity index is 2.37. The monoisotopic (exact) mass is 303 g/mol. The van der Waals surface area contributed by atoms with Gasteiger partial charge in [-0.25, -0.2) is 4.98 Å². The van der Waals surface area contributed by atoms with Gasteiger partial charge in [-0.15, -0.1) is 11.3 Å². The average Bonchev–Trinajstić information content (AvgIpc) is 2.87. The number of hydrogen-bond acceptors (Lipinski definition) is 4. The van der Waals surface area contributed by atoms with E-state index in [2.05, 4.69) is 44.1 Å². The van der Waals surface area contributed by atoms with Gasteiger partial charge in [-0.1, -0.05) is 27.7 Å². The highest BCUT2D eigenvalue weighted by Crippen LogP contribution is 2.31.